The van der Waals surface area contributed by atoms with E-state index in [0.29, 0.717) is 12.5 Å². The Morgan fingerprint density at radius 2 is 2.17 bits per heavy atom. The molecule has 0 aromatic carbocycles. The summed E-state index contributed by atoms with van der Waals surface area (Å²) in [5.74, 6) is 0.421. The fraction of sp³-hybridized carbons (Fsp3) is 0.875. The first-order valence-corrected chi connectivity index (χ1v) is 4.36. The molecule has 0 radical (unpaired) electrons. The van der Waals surface area contributed by atoms with E-state index < -0.39 is 6.09 Å². The van der Waals surface area contributed by atoms with Gasteiger partial charge in [-0.25, -0.2) is 4.79 Å². The van der Waals surface area contributed by atoms with Gasteiger partial charge in [0.2, 0.25) is 0 Å². The number of aliphatic hydroxyl groups excluding tert-OH is 1. The van der Waals surface area contributed by atoms with Crippen molar-refractivity contribution in [3.63, 3.8) is 0 Å². The Labute approximate surface area is 70.8 Å². The average Bonchev–Trinajstić information content (AvgIpc) is 1.94. The Balaban J connectivity index is 1.94. The highest BCUT2D eigenvalue weighted by atomic mass is 16.4. The van der Waals surface area contributed by atoms with Crippen molar-refractivity contribution in [2.24, 2.45) is 5.92 Å². The van der Waals surface area contributed by atoms with Crippen LogP contribution in [0.4, 0.5) is 4.79 Å². The highest BCUT2D eigenvalue weighted by molar-refractivity contribution is 5.66. The van der Waals surface area contributed by atoms with Crippen LogP contribution < -0.4 is 0 Å². The van der Waals surface area contributed by atoms with E-state index in [2.05, 4.69) is 0 Å². The Hall–Kier alpha value is -0.770. The number of carboxylic acid groups (broad SMARTS) is 1. The molecule has 1 aliphatic heterocycles. The molecule has 0 aromatic heterocycles. The van der Waals surface area contributed by atoms with Gasteiger partial charge in [-0.2, -0.15) is 0 Å². The quantitative estimate of drug-likeness (QED) is 0.558. The van der Waals surface area contributed by atoms with Crippen molar-refractivity contribution in [3.8, 4) is 0 Å². The van der Waals surface area contributed by atoms with Gasteiger partial charge in [-0.05, 0) is 25.2 Å². The third kappa shape index (κ3) is 1.06. The molecule has 68 valence electrons. The number of carbonyl (C=O) groups is 1. The number of aliphatic hydroxyl groups is 1. The second-order valence-corrected chi connectivity index (χ2v) is 3.73. The minimum atomic E-state index is -0.812. The van der Waals surface area contributed by atoms with E-state index in [-0.39, 0.29) is 12.1 Å². The van der Waals surface area contributed by atoms with Crippen molar-refractivity contribution in [2.45, 2.75) is 31.4 Å². The molecule has 1 amide bonds. The normalized spacial score (nSPS) is 40.1. The summed E-state index contributed by atoms with van der Waals surface area (Å²) in [4.78, 5) is 12.1. The third-order valence-corrected chi connectivity index (χ3v) is 2.99. The molecule has 1 saturated heterocycles. The topological polar surface area (TPSA) is 60.8 Å². The largest absolute Gasteiger partial charge is 0.465 e. The summed E-state index contributed by atoms with van der Waals surface area (Å²) >= 11 is 0. The molecule has 2 aliphatic rings. The lowest BCUT2D eigenvalue weighted by atomic mass is 9.76. The van der Waals surface area contributed by atoms with Gasteiger partial charge in [0.25, 0.3) is 0 Å². The number of likely N-dealkylation sites (tertiary alicyclic amines) is 1. The molecule has 0 spiro atoms. The summed E-state index contributed by atoms with van der Waals surface area (Å²) in [6.07, 6.45) is 1.37. The van der Waals surface area contributed by atoms with Gasteiger partial charge in [-0.3, -0.25) is 0 Å². The summed E-state index contributed by atoms with van der Waals surface area (Å²) in [6.45, 7) is 0.622. The molecule has 1 heterocycles. The maximum atomic E-state index is 10.6. The molecule has 4 nitrogen and oxygen atoms in total. The predicted octanol–water partition coefficient (Wildman–Crippen LogP) is 0.510. The molecule has 3 atom stereocenters. The second-order valence-electron chi connectivity index (χ2n) is 3.73. The van der Waals surface area contributed by atoms with Gasteiger partial charge >= 0.3 is 6.09 Å². The van der Waals surface area contributed by atoms with Gasteiger partial charge < -0.3 is 15.1 Å². The lowest BCUT2D eigenvalue weighted by molar-refractivity contribution is -0.0402. The number of hydrogen-bond donors (Lipinski definition) is 2. The molecule has 1 saturated carbocycles. The molecule has 12 heavy (non-hydrogen) atoms. The molecular weight excluding hydrogens is 158 g/mol. The first kappa shape index (κ1) is 7.86. The number of amides is 1. The Bertz CT molecular complexity index is 206. The average molecular weight is 171 g/mol. The number of nitrogens with zero attached hydrogens (tertiary/aromatic N) is 1. The van der Waals surface area contributed by atoms with Crippen molar-refractivity contribution in [3.05, 3.63) is 0 Å². The van der Waals surface area contributed by atoms with Crippen molar-refractivity contribution in [1.82, 2.24) is 4.90 Å². The minimum Gasteiger partial charge on any atom is -0.465 e. The Morgan fingerprint density at radius 3 is 2.75 bits per heavy atom. The van der Waals surface area contributed by atoms with Crippen molar-refractivity contribution in [2.75, 3.05) is 6.54 Å². The number of fused-ring (bicyclic) bond motifs is 1. The molecular formula is C8H13NO3. The third-order valence-electron chi connectivity index (χ3n) is 2.99. The van der Waals surface area contributed by atoms with Crippen molar-refractivity contribution >= 4 is 6.09 Å². The van der Waals surface area contributed by atoms with Gasteiger partial charge in [0.1, 0.15) is 0 Å². The standard InChI is InChI=1S/C8H13NO3/c10-6-1-2-7-5(3-6)4-9(7)8(11)12/h5-7,10H,1-4H2,(H,11,12)/t5-,6?,7-/m1/s1. The minimum absolute atomic E-state index is 0.192. The van der Waals surface area contributed by atoms with Crippen LogP contribution >= 0.6 is 0 Å². The first-order chi connectivity index (χ1) is 5.68. The SMILES string of the molecule is O=C(O)N1C[C@H]2CC(O)CC[C@H]21. The van der Waals surface area contributed by atoms with Crippen LogP contribution in [-0.4, -0.2) is 39.9 Å². The van der Waals surface area contributed by atoms with Gasteiger partial charge in [0, 0.05) is 12.6 Å². The smallest absolute Gasteiger partial charge is 0.407 e. The molecule has 2 N–H and O–H groups in total. The van der Waals surface area contributed by atoms with Crippen LogP contribution in [0.25, 0.3) is 0 Å². The number of rotatable bonds is 0. The molecule has 2 rings (SSSR count). The monoisotopic (exact) mass is 171 g/mol. The number of hydrogen-bond acceptors (Lipinski definition) is 2. The van der Waals surface area contributed by atoms with Gasteiger partial charge in [-0.1, -0.05) is 0 Å². The van der Waals surface area contributed by atoms with Crippen molar-refractivity contribution < 1.29 is 15.0 Å². The maximum Gasteiger partial charge on any atom is 0.407 e. The van der Waals surface area contributed by atoms with Crippen molar-refractivity contribution in [1.29, 1.82) is 0 Å². The predicted molar refractivity (Wildman–Crippen MR) is 41.9 cm³/mol. The molecule has 2 fully saturated rings. The summed E-state index contributed by atoms with van der Waals surface area (Å²) in [5.41, 5.74) is 0. The van der Waals surface area contributed by atoms with Crippen LogP contribution in [0.3, 0.4) is 0 Å². The molecule has 1 aliphatic carbocycles. The zero-order chi connectivity index (χ0) is 8.72. The van der Waals surface area contributed by atoms with Crippen LogP contribution in [0, 0.1) is 5.92 Å². The molecule has 4 heteroatoms. The van der Waals surface area contributed by atoms with E-state index in [9.17, 15) is 9.90 Å². The van der Waals surface area contributed by atoms with Gasteiger partial charge in [-0.15, -0.1) is 0 Å². The van der Waals surface area contributed by atoms with Crippen LogP contribution in [0.2, 0.25) is 0 Å². The molecule has 0 aromatic rings. The fourth-order valence-electron chi connectivity index (χ4n) is 2.30. The lowest BCUT2D eigenvalue weighted by Crippen LogP contribution is -2.60. The summed E-state index contributed by atoms with van der Waals surface area (Å²) in [6, 6.07) is 0.200. The highest BCUT2D eigenvalue weighted by Crippen LogP contribution is 2.37. The van der Waals surface area contributed by atoms with Gasteiger partial charge in [0.05, 0.1) is 6.10 Å². The van der Waals surface area contributed by atoms with E-state index in [0.717, 1.165) is 19.3 Å². The Kier molecular flexibility index (Phi) is 1.72. The fourth-order valence-corrected chi connectivity index (χ4v) is 2.30. The first-order valence-electron chi connectivity index (χ1n) is 4.36. The van der Waals surface area contributed by atoms with E-state index in [1.807, 2.05) is 0 Å². The van der Waals surface area contributed by atoms with Gasteiger partial charge in [0.15, 0.2) is 0 Å². The van der Waals surface area contributed by atoms with E-state index in [4.69, 9.17) is 5.11 Å². The highest BCUT2D eigenvalue weighted by Gasteiger charge is 2.44. The molecule has 0 bridgehead atoms. The van der Waals surface area contributed by atoms with Crippen LogP contribution in [0.1, 0.15) is 19.3 Å². The van der Waals surface area contributed by atoms with E-state index in [1.165, 1.54) is 4.90 Å². The summed E-state index contributed by atoms with van der Waals surface area (Å²) < 4.78 is 0. The van der Waals surface area contributed by atoms with Crippen LogP contribution in [0.5, 0.6) is 0 Å². The second kappa shape index (κ2) is 2.62. The Morgan fingerprint density at radius 1 is 1.42 bits per heavy atom. The maximum absolute atomic E-state index is 10.6. The molecule has 1 unspecified atom stereocenters. The van der Waals surface area contributed by atoms with E-state index in [1.54, 1.807) is 0 Å². The summed E-state index contributed by atoms with van der Waals surface area (Å²) in [7, 11) is 0. The zero-order valence-corrected chi connectivity index (χ0v) is 6.81. The van der Waals surface area contributed by atoms with Crippen LogP contribution in [0.15, 0.2) is 0 Å². The lowest BCUT2D eigenvalue weighted by Gasteiger charge is -2.50. The summed E-state index contributed by atoms with van der Waals surface area (Å²) in [5, 5.41) is 18.0. The van der Waals surface area contributed by atoms with E-state index >= 15 is 0 Å². The zero-order valence-electron chi connectivity index (χ0n) is 6.81. The van der Waals surface area contributed by atoms with Crippen LogP contribution in [-0.2, 0) is 0 Å².